The van der Waals surface area contributed by atoms with Crippen molar-refractivity contribution in [3.8, 4) is 0 Å². The number of anilines is 2. The highest BCUT2D eigenvalue weighted by Gasteiger charge is 2.47. The maximum absolute atomic E-state index is 12.7. The average molecular weight is 435 g/mol. The molecule has 1 N–H and O–H groups in total. The lowest BCUT2D eigenvalue weighted by Gasteiger charge is -2.15. The van der Waals surface area contributed by atoms with Crippen LogP contribution in [0.25, 0.3) is 0 Å². The lowest BCUT2D eigenvalue weighted by molar-refractivity contribution is -0.122. The normalized spacial score (nSPS) is 20.0. The molecule has 1 aliphatic heterocycles. The molecule has 0 aromatic heterocycles. The number of fused-ring (bicyclic) bond motifs is 1. The van der Waals surface area contributed by atoms with Crippen LogP contribution in [0.2, 0.25) is 0 Å². The van der Waals surface area contributed by atoms with E-state index in [1.165, 1.54) is 23.6 Å². The first-order valence-electron chi connectivity index (χ1n) is 10.1. The van der Waals surface area contributed by atoms with Crippen LogP contribution in [0.5, 0.6) is 0 Å². The Bertz CT molecular complexity index is 1030. The summed E-state index contributed by atoms with van der Waals surface area (Å²) in [6, 6.07) is 13.9. The number of thioether (sulfide) groups is 1. The van der Waals surface area contributed by atoms with Gasteiger partial charge in [0.25, 0.3) is 0 Å². The summed E-state index contributed by atoms with van der Waals surface area (Å²) in [6.07, 6.45) is 5.18. The minimum atomic E-state index is -0.250. The van der Waals surface area contributed by atoms with Crippen LogP contribution in [-0.4, -0.2) is 29.3 Å². The van der Waals surface area contributed by atoms with Gasteiger partial charge < -0.3 is 5.32 Å². The third-order valence-electron chi connectivity index (χ3n) is 5.55. The lowest BCUT2D eigenvalue weighted by Crippen LogP contribution is -2.30. The van der Waals surface area contributed by atoms with E-state index in [0.29, 0.717) is 29.8 Å². The Balaban J connectivity index is 1.33. The summed E-state index contributed by atoms with van der Waals surface area (Å²) in [7, 11) is 0. The van der Waals surface area contributed by atoms with Crippen LogP contribution in [-0.2, 0) is 14.4 Å². The fourth-order valence-corrected chi connectivity index (χ4v) is 4.58. The van der Waals surface area contributed by atoms with Crippen molar-refractivity contribution in [3.63, 3.8) is 0 Å². The molecule has 7 heteroatoms. The number of allylic oxidation sites excluding steroid dienone is 2. The van der Waals surface area contributed by atoms with E-state index in [9.17, 15) is 19.2 Å². The number of amides is 3. The third kappa shape index (κ3) is 4.46. The summed E-state index contributed by atoms with van der Waals surface area (Å²) >= 11 is 1.36. The first kappa shape index (κ1) is 21.1. The quantitative estimate of drug-likeness (QED) is 0.321. The first-order valence-corrected chi connectivity index (χ1v) is 11.1. The van der Waals surface area contributed by atoms with Crippen molar-refractivity contribution in [1.29, 1.82) is 0 Å². The molecule has 1 fully saturated rings. The van der Waals surface area contributed by atoms with E-state index in [1.807, 2.05) is 24.3 Å². The van der Waals surface area contributed by atoms with Gasteiger partial charge in [0.05, 0.1) is 23.3 Å². The van der Waals surface area contributed by atoms with Crippen molar-refractivity contribution in [2.45, 2.75) is 24.7 Å². The summed E-state index contributed by atoms with van der Waals surface area (Å²) in [4.78, 5) is 51.0. The molecule has 1 saturated heterocycles. The van der Waals surface area contributed by atoms with E-state index < -0.39 is 0 Å². The van der Waals surface area contributed by atoms with Crippen molar-refractivity contribution in [1.82, 2.24) is 0 Å². The Morgan fingerprint density at radius 3 is 2.06 bits per heavy atom. The SMILES string of the molecule is CC(=O)c1ccc(NC(=O)CSc2ccc(N3C(=O)[C@H]4CC=CC[C@@H]4C3=O)cc2)cc1. The van der Waals surface area contributed by atoms with Gasteiger partial charge in [-0.15, -0.1) is 11.8 Å². The van der Waals surface area contributed by atoms with E-state index in [1.54, 1.807) is 36.4 Å². The van der Waals surface area contributed by atoms with Gasteiger partial charge in [0, 0.05) is 16.1 Å². The molecule has 0 radical (unpaired) electrons. The molecule has 2 atom stereocenters. The molecular weight excluding hydrogens is 412 g/mol. The zero-order chi connectivity index (χ0) is 22.0. The van der Waals surface area contributed by atoms with Crippen LogP contribution >= 0.6 is 11.8 Å². The predicted octanol–water partition coefficient (Wildman–Crippen LogP) is 4.08. The van der Waals surface area contributed by atoms with Crippen LogP contribution in [0.15, 0.2) is 65.6 Å². The molecule has 2 aromatic rings. The number of benzene rings is 2. The Morgan fingerprint density at radius 1 is 0.935 bits per heavy atom. The van der Waals surface area contributed by atoms with E-state index in [-0.39, 0.29) is 41.1 Å². The number of nitrogens with one attached hydrogen (secondary N) is 1. The van der Waals surface area contributed by atoms with Crippen LogP contribution in [0.1, 0.15) is 30.1 Å². The maximum atomic E-state index is 12.7. The van der Waals surface area contributed by atoms with Crippen molar-refractivity contribution >= 4 is 46.6 Å². The van der Waals surface area contributed by atoms with Gasteiger partial charge in [-0.05, 0) is 68.3 Å². The number of imide groups is 1. The molecule has 1 heterocycles. The molecule has 0 unspecified atom stereocenters. The van der Waals surface area contributed by atoms with Gasteiger partial charge in [-0.2, -0.15) is 0 Å². The Labute approximate surface area is 184 Å². The number of hydrogen-bond acceptors (Lipinski definition) is 5. The van der Waals surface area contributed by atoms with Gasteiger partial charge >= 0.3 is 0 Å². The molecule has 1 aliphatic carbocycles. The molecule has 6 nitrogen and oxygen atoms in total. The minimum Gasteiger partial charge on any atom is -0.325 e. The van der Waals surface area contributed by atoms with Crippen molar-refractivity contribution in [2.75, 3.05) is 16.0 Å². The molecule has 31 heavy (non-hydrogen) atoms. The van der Waals surface area contributed by atoms with Crippen LogP contribution in [0.3, 0.4) is 0 Å². The predicted molar refractivity (Wildman–Crippen MR) is 120 cm³/mol. The maximum Gasteiger partial charge on any atom is 0.238 e. The number of ketones is 1. The molecule has 0 spiro atoms. The third-order valence-corrected chi connectivity index (χ3v) is 6.56. The molecule has 4 rings (SSSR count). The van der Waals surface area contributed by atoms with Crippen LogP contribution < -0.4 is 10.2 Å². The van der Waals surface area contributed by atoms with Gasteiger partial charge in [-0.25, -0.2) is 0 Å². The molecule has 0 saturated carbocycles. The van der Waals surface area contributed by atoms with Crippen molar-refractivity contribution in [2.24, 2.45) is 11.8 Å². The molecular formula is C24H22N2O4S. The van der Waals surface area contributed by atoms with Gasteiger partial charge in [0.2, 0.25) is 17.7 Å². The number of rotatable bonds is 6. The zero-order valence-corrected chi connectivity index (χ0v) is 17.9. The highest BCUT2D eigenvalue weighted by atomic mass is 32.2. The second-order valence-corrected chi connectivity index (χ2v) is 8.68. The number of hydrogen-bond donors (Lipinski definition) is 1. The molecule has 158 valence electrons. The second kappa shape index (κ2) is 8.89. The standard InChI is InChI=1S/C24H22N2O4S/c1-15(27)16-6-8-17(9-7-16)25-22(28)14-31-19-12-10-18(11-13-19)26-23(29)20-4-2-3-5-21(20)24(26)30/h2-3,6-13,20-21H,4-5,14H2,1H3,(H,25,28)/t20-,21-/m0/s1. The first-order chi connectivity index (χ1) is 14.9. The fraction of sp³-hybridized carbons (Fsp3) is 0.250. The van der Waals surface area contributed by atoms with Crippen LogP contribution in [0, 0.1) is 11.8 Å². The fourth-order valence-electron chi connectivity index (χ4n) is 3.88. The van der Waals surface area contributed by atoms with Crippen molar-refractivity contribution < 1.29 is 19.2 Å². The topological polar surface area (TPSA) is 83.6 Å². The van der Waals surface area contributed by atoms with Crippen LogP contribution in [0.4, 0.5) is 11.4 Å². The molecule has 0 bridgehead atoms. The molecule has 2 aromatic carbocycles. The number of nitrogens with zero attached hydrogens (tertiary/aromatic N) is 1. The highest BCUT2D eigenvalue weighted by Crippen LogP contribution is 2.38. The smallest absolute Gasteiger partial charge is 0.238 e. The van der Waals surface area contributed by atoms with Gasteiger partial charge in [-0.3, -0.25) is 24.1 Å². The minimum absolute atomic E-state index is 0.0235. The molecule has 2 aliphatic rings. The van der Waals surface area contributed by atoms with Gasteiger partial charge in [0.15, 0.2) is 5.78 Å². The highest BCUT2D eigenvalue weighted by molar-refractivity contribution is 8.00. The Kier molecular flexibility index (Phi) is 6.04. The second-order valence-electron chi connectivity index (χ2n) is 7.63. The summed E-state index contributed by atoms with van der Waals surface area (Å²) < 4.78 is 0. The Hall–Kier alpha value is -3.19. The van der Waals surface area contributed by atoms with E-state index in [4.69, 9.17) is 0 Å². The van der Waals surface area contributed by atoms with Gasteiger partial charge in [-0.1, -0.05) is 12.2 Å². The average Bonchev–Trinajstić information content (AvgIpc) is 3.03. The number of carbonyl (C=O) groups is 4. The molecule has 3 amide bonds. The summed E-state index contributed by atoms with van der Waals surface area (Å²) in [6.45, 7) is 1.50. The zero-order valence-electron chi connectivity index (χ0n) is 17.0. The van der Waals surface area contributed by atoms with E-state index in [2.05, 4.69) is 5.32 Å². The van der Waals surface area contributed by atoms with Crippen molar-refractivity contribution in [3.05, 3.63) is 66.2 Å². The van der Waals surface area contributed by atoms with Gasteiger partial charge in [0.1, 0.15) is 0 Å². The summed E-state index contributed by atoms with van der Waals surface area (Å²) in [5.74, 6) is -0.731. The number of carbonyl (C=O) groups excluding carboxylic acids is 4. The number of Topliss-reactive ketones (excluding diaryl/α,β-unsaturated/α-hetero) is 1. The summed E-state index contributed by atoms with van der Waals surface area (Å²) in [5.41, 5.74) is 1.80. The van der Waals surface area contributed by atoms with E-state index in [0.717, 1.165) is 4.90 Å². The Morgan fingerprint density at radius 2 is 1.52 bits per heavy atom. The van der Waals surface area contributed by atoms with E-state index >= 15 is 0 Å². The summed E-state index contributed by atoms with van der Waals surface area (Å²) in [5, 5.41) is 2.80. The largest absolute Gasteiger partial charge is 0.325 e. The lowest BCUT2D eigenvalue weighted by atomic mass is 9.85. The monoisotopic (exact) mass is 434 g/mol.